The lowest BCUT2D eigenvalue weighted by molar-refractivity contribution is -0.132. The van der Waals surface area contributed by atoms with Crippen molar-refractivity contribution in [3.05, 3.63) is 29.8 Å². The maximum atomic E-state index is 12.4. The summed E-state index contributed by atoms with van der Waals surface area (Å²) < 4.78 is 0. The molecule has 0 radical (unpaired) electrons. The third kappa shape index (κ3) is 3.19. The molecule has 1 aromatic carbocycles. The molecule has 1 aliphatic carbocycles. The minimum atomic E-state index is -0.374. The van der Waals surface area contributed by atoms with Crippen LogP contribution in [0.25, 0.3) is 0 Å². The second kappa shape index (κ2) is 6.37. The summed E-state index contributed by atoms with van der Waals surface area (Å²) in [6.45, 7) is 2.74. The van der Waals surface area contributed by atoms with Gasteiger partial charge in [0.2, 0.25) is 5.91 Å². The number of carbonyl (C=O) groups excluding carboxylic acids is 1. The van der Waals surface area contributed by atoms with Crippen LogP contribution in [0.1, 0.15) is 31.7 Å². The average Bonchev–Trinajstić information content (AvgIpc) is 2.41. The lowest BCUT2D eigenvalue weighted by Gasteiger charge is -2.44. The molecule has 0 saturated heterocycles. The Morgan fingerprint density at radius 1 is 1.50 bits per heavy atom. The third-order valence-electron chi connectivity index (χ3n) is 4.16. The molecule has 4 heteroatoms. The first kappa shape index (κ1) is 15.0. The van der Waals surface area contributed by atoms with Crippen LogP contribution in [0.4, 0.5) is 5.69 Å². The second-order valence-electron chi connectivity index (χ2n) is 5.98. The molecule has 0 atom stereocenters. The Kier molecular flexibility index (Phi) is 4.78. The van der Waals surface area contributed by atoms with E-state index < -0.39 is 0 Å². The molecule has 4 N–H and O–H groups in total. The van der Waals surface area contributed by atoms with Crippen molar-refractivity contribution in [1.82, 2.24) is 0 Å². The highest BCUT2D eigenvalue weighted by molar-refractivity contribution is 5.96. The van der Waals surface area contributed by atoms with E-state index in [-0.39, 0.29) is 17.9 Å². The van der Waals surface area contributed by atoms with Crippen molar-refractivity contribution < 1.29 is 9.90 Å². The molecule has 1 fully saturated rings. The van der Waals surface area contributed by atoms with Crippen molar-refractivity contribution >= 4 is 11.6 Å². The van der Waals surface area contributed by atoms with E-state index in [2.05, 4.69) is 12.2 Å². The van der Waals surface area contributed by atoms with Crippen molar-refractivity contribution in [2.75, 3.05) is 18.5 Å². The van der Waals surface area contributed by atoms with Gasteiger partial charge in [0.05, 0.1) is 5.41 Å². The molecule has 0 bridgehead atoms. The summed E-state index contributed by atoms with van der Waals surface area (Å²) in [5.41, 5.74) is 7.36. The summed E-state index contributed by atoms with van der Waals surface area (Å²) in [5, 5.41) is 11.9. The minimum absolute atomic E-state index is 0.0393. The van der Waals surface area contributed by atoms with Crippen LogP contribution in [0.3, 0.4) is 0 Å². The van der Waals surface area contributed by atoms with Crippen LogP contribution in [0.15, 0.2) is 24.3 Å². The van der Waals surface area contributed by atoms with Gasteiger partial charge in [-0.15, -0.1) is 0 Å². The number of aliphatic hydroxyl groups is 1. The van der Waals surface area contributed by atoms with Gasteiger partial charge >= 0.3 is 0 Å². The van der Waals surface area contributed by atoms with Crippen molar-refractivity contribution in [2.24, 2.45) is 17.1 Å². The smallest absolute Gasteiger partial charge is 0.231 e. The highest BCUT2D eigenvalue weighted by Crippen LogP contribution is 2.45. The Hall–Kier alpha value is -1.39. The molecule has 1 aliphatic rings. The first-order chi connectivity index (χ1) is 9.59. The van der Waals surface area contributed by atoms with E-state index in [0.29, 0.717) is 12.5 Å². The van der Waals surface area contributed by atoms with Gasteiger partial charge in [0.15, 0.2) is 0 Å². The van der Waals surface area contributed by atoms with Crippen molar-refractivity contribution in [2.45, 2.75) is 32.6 Å². The fraction of sp³-hybridized carbons (Fsp3) is 0.562. The van der Waals surface area contributed by atoms with Gasteiger partial charge < -0.3 is 16.2 Å². The van der Waals surface area contributed by atoms with Gasteiger partial charge in [-0.2, -0.15) is 0 Å². The lowest BCUT2D eigenvalue weighted by atomic mass is 9.62. The van der Waals surface area contributed by atoms with Gasteiger partial charge in [0.1, 0.15) is 0 Å². The maximum absolute atomic E-state index is 12.4. The van der Waals surface area contributed by atoms with Gasteiger partial charge in [-0.1, -0.05) is 19.1 Å². The Balaban J connectivity index is 2.00. The number of aliphatic hydroxyl groups excluding tert-OH is 1. The standard InChI is InChI=1S/C16H24N2O2/c1-12-9-16(10-12,11-17)15(20)18-14-6-2-4-13(8-14)5-3-7-19/h2,4,6,8,12,19H,3,5,7,9-11,17H2,1H3,(H,18,20). The molecule has 0 aliphatic heterocycles. The Morgan fingerprint density at radius 2 is 2.25 bits per heavy atom. The molecule has 1 saturated carbocycles. The summed E-state index contributed by atoms with van der Waals surface area (Å²) in [7, 11) is 0. The van der Waals surface area contributed by atoms with E-state index >= 15 is 0 Å². The fourth-order valence-electron chi connectivity index (χ4n) is 3.07. The molecule has 0 aromatic heterocycles. The Labute approximate surface area is 120 Å². The first-order valence-electron chi connectivity index (χ1n) is 7.31. The Bertz CT molecular complexity index is 467. The number of nitrogens with one attached hydrogen (secondary N) is 1. The van der Waals surface area contributed by atoms with Crippen molar-refractivity contribution in [3.63, 3.8) is 0 Å². The van der Waals surface area contributed by atoms with Gasteiger partial charge in [-0.25, -0.2) is 0 Å². The third-order valence-corrected chi connectivity index (χ3v) is 4.16. The monoisotopic (exact) mass is 276 g/mol. The van der Waals surface area contributed by atoms with Crippen LogP contribution in [-0.2, 0) is 11.2 Å². The zero-order valence-electron chi connectivity index (χ0n) is 12.1. The van der Waals surface area contributed by atoms with E-state index in [1.807, 2.05) is 24.3 Å². The fourth-order valence-corrected chi connectivity index (χ4v) is 3.07. The van der Waals surface area contributed by atoms with E-state index in [9.17, 15) is 4.79 Å². The summed E-state index contributed by atoms with van der Waals surface area (Å²) in [4.78, 5) is 12.4. The molecule has 0 unspecified atom stereocenters. The zero-order chi connectivity index (χ0) is 14.6. The van der Waals surface area contributed by atoms with Crippen LogP contribution in [0.2, 0.25) is 0 Å². The highest BCUT2D eigenvalue weighted by Gasteiger charge is 2.47. The number of rotatable bonds is 6. The second-order valence-corrected chi connectivity index (χ2v) is 5.98. The maximum Gasteiger partial charge on any atom is 0.231 e. The van der Waals surface area contributed by atoms with Gasteiger partial charge in [-0.3, -0.25) is 4.79 Å². The van der Waals surface area contributed by atoms with E-state index in [4.69, 9.17) is 10.8 Å². The lowest BCUT2D eigenvalue weighted by Crippen LogP contribution is -2.51. The van der Waals surface area contributed by atoms with E-state index in [1.54, 1.807) is 0 Å². The van der Waals surface area contributed by atoms with Crippen molar-refractivity contribution in [3.8, 4) is 0 Å². The number of hydrogen-bond donors (Lipinski definition) is 3. The van der Waals surface area contributed by atoms with Crippen LogP contribution in [-0.4, -0.2) is 24.2 Å². The van der Waals surface area contributed by atoms with Crippen molar-refractivity contribution in [1.29, 1.82) is 0 Å². The van der Waals surface area contributed by atoms with Crippen LogP contribution in [0, 0.1) is 11.3 Å². The van der Waals surface area contributed by atoms with E-state index in [0.717, 1.165) is 36.9 Å². The predicted molar refractivity (Wildman–Crippen MR) is 80.4 cm³/mol. The number of aryl methyl sites for hydroxylation is 1. The number of benzene rings is 1. The molecular formula is C16H24N2O2. The average molecular weight is 276 g/mol. The number of nitrogens with two attached hydrogens (primary N) is 1. The molecular weight excluding hydrogens is 252 g/mol. The molecule has 0 heterocycles. The molecule has 110 valence electrons. The van der Waals surface area contributed by atoms with Crippen LogP contribution >= 0.6 is 0 Å². The summed E-state index contributed by atoms with van der Waals surface area (Å²) >= 11 is 0. The predicted octanol–water partition coefficient (Wildman–Crippen LogP) is 1.92. The zero-order valence-corrected chi connectivity index (χ0v) is 12.1. The quantitative estimate of drug-likeness (QED) is 0.743. The molecule has 2 rings (SSSR count). The van der Waals surface area contributed by atoms with E-state index in [1.165, 1.54) is 0 Å². The number of anilines is 1. The topological polar surface area (TPSA) is 75.4 Å². The summed E-state index contributed by atoms with van der Waals surface area (Å²) in [6.07, 6.45) is 3.31. The largest absolute Gasteiger partial charge is 0.396 e. The number of hydrogen-bond acceptors (Lipinski definition) is 3. The van der Waals surface area contributed by atoms with Crippen LogP contribution in [0.5, 0.6) is 0 Å². The molecule has 4 nitrogen and oxygen atoms in total. The minimum Gasteiger partial charge on any atom is -0.396 e. The highest BCUT2D eigenvalue weighted by atomic mass is 16.2. The number of carbonyl (C=O) groups is 1. The summed E-state index contributed by atoms with van der Waals surface area (Å²) in [6, 6.07) is 7.81. The van der Waals surface area contributed by atoms with Gasteiger partial charge in [-0.05, 0) is 49.3 Å². The number of amides is 1. The molecule has 1 aromatic rings. The molecule has 0 spiro atoms. The normalized spacial score (nSPS) is 25.1. The Morgan fingerprint density at radius 3 is 2.85 bits per heavy atom. The first-order valence-corrected chi connectivity index (χ1v) is 7.31. The van der Waals surface area contributed by atoms with Gasteiger partial charge in [0.25, 0.3) is 0 Å². The molecule has 20 heavy (non-hydrogen) atoms. The SMILES string of the molecule is CC1CC(CN)(C(=O)Nc2cccc(CCCO)c2)C1. The summed E-state index contributed by atoms with van der Waals surface area (Å²) in [5.74, 6) is 0.623. The van der Waals surface area contributed by atoms with Gasteiger partial charge in [0, 0.05) is 18.8 Å². The molecule has 1 amide bonds. The van der Waals surface area contributed by atoms with Crippen LogP contribution < -0.4 is 11.1 Å².